The zero-order valence-corrected chi connectivity index (χ0v) is 12.6. The number of nitrogens with zero attached hydrogens (tertiary/aromatic N) is 3. The summed E-state index contributed by atoms with van der Waals surface area (Å²) < 4.78 is 1.98. The molecule has 1 aliphatic heterocycles. The molecular weight excluding hydrogens is 288 g/mol. The van der Waals surface area contributed by atoms with Crippen LogP contribution in [0.1, 0.15) is 17.0 Å². The van der Waals surface area contributed by atoms with Gasteiger partial charge in [-0.25, -0.2) is 9.78 Å². The Morgan fingerprint density at radius 2 is 2.14 bits per heavy atom. The van der Waals surface area contributed by atoms with Crippen LogP contribution < -0.4 is 5.32 Å². The van der Waals surface area contributed by atoms with Gasteiger partial charge in [0.15, 0.2) is 0 Å². The minimum Gasteiger partial charge on any atom is -0.336 e. The number of aromatic nitrogens is 2. The van der Waals surface area contributed by atoms with E-state index in [2.05, 4.69) is 10.3 Å². The zero-order chi connectivity index (χ0) is 14.8. The molecule has 1 aliphatic rings. The summed E-state index contributed by atoms with van der Waals surface area (Å²) in [7, 11) is 1.96. The fraction of sp³-hybridized carbons (Fsp3) is 0.333. The Labute approximate surface area is 128 Å². The lowest BCUT2D eigenvalue weighted by molar-refractivity contribution is 0.190. The molecule has 2 amide bonds. The number of carbonyl (C=O) groups excluding carboxylic acids is 1. The normalized spacial score (nSPS) is 13.9. The second kappa shape index (κ2) is 5.77. The third kappa shape index (κ3) is 3.03. The monoisotopic (exact) mass is 304 g/mol. The van der Waals surface area contributed by atoms with Crippen LogP contribution in [-0.2, 0) is 26.6 Å². The number of rotatable bonds is 2. The summed E-state index contributed by atoms with van der Waals surface area (Å²) in [6.07, 6.45) is 2.62. The number of urea groups is 1. The zero-order valence-electron chi connectivity index (χ0n) is 11.8. The number of benzene rings is 1. The molecule has 0 aliphatic carbocycles. The minimum atomic E-state index is -0.0446. The molecule has 0 atom stereocenters. The van der Waals surface area contributed by atoms with Crippen LogP contribution in [0, 0.1) is 0 Å². The van der Waals surface area contributed by atoms with E-state index in [4.69, 9.17) is 11.6 Å². The highest BCUT2D eigenvalue weighted by molar-refractivity contribution is 6.30. The van der Waals surface area contributed by atoms with E-state index in [0.29, 0.717) is 24.7 Å². The third-order valence-electron chi connectivity index (χ3n) is 3.75. The van der Waals surface area contributed by atoms with E-state index in [1.807, 2.05) is 40.8 Å². The van der Waals surface area contributed by atoms with Crippen molar-refractivity contribution < 1.29 is 4.79 Å². The minimum absolute atomic E-state index is 0.0446. The maximum Gasteiger partial charge on any atom is 0.318 e. The first-order chi connectivity index (χ1) is 10.1. The maximum absolute atomic E-state index is 12.2. The van der Waals surface area contributed by atoms with Crippen molar-refractivity contribution in [3.63, 3.8) is 0 Å². The highest BCUT2D eigenvalue weighted by atomic mass is 35.5. The Kier molecular flexibility index (Phi) is 3.84. The molecule has 6 heteroatoms. The van der Waals surface area contributed by atoms with Gasteiger partial charge < -0.3 is 14.8 Å². The lowest BCUT2D eigenvalue weighted by Crippen LogP contribution is -2.42. The highest BCUT2D eigenvalue weighted by Gasteiger charge is 2.23. The van der Waals surface area contributed by atoms with Gasteiger partial charge in [-0.3, -0.25) is 0 Å². The average molecular weight is 305 g/mol. The number of hydrogen-bond donors (Lipinski definition) is 1. The van der Waals surface area contributed by atoms with Gasteiger partial charge in [-0.2, -0.15) is 0 Å². The van der Waals surface area contributed by atoms with Crippen LogP contribution in [0.5, 0.6) is 0 Å². The number of halogens is 1. The second-order valence-electron chi connectivity index (χ2n) is 5.21. The van der Waals surface area contributed by atoms with E-state index in [1.54, 1.807) is 6.33 Å². The SMILES string of the molecule is Cn1cnc2c1CN(C(=O)NCc1ccc(Cl)cc1)CC2. The molecule has 0 fully saturated rings. The number of fused-ring (bicyclic) bond motifs is 1. The molecular formula is C15H17ClN4O. The molecule has 2 heterocycles. The van der Waals surface area contributed by atoms with Crippen LogP contribution in [0.2, 0.25) is 5.02 Å². The number of imidazole rings is 1. The standard InChI is InChI=1S/C15H17ClN4O/c1-19-10-18-13-6-7-20(9-14(13)19)15(21)17-8-11-2-4-12(16)5-3-11/h2-5,10H,6-9H2,1H3,(H,17,21). The molecule has 0 saturated carbocycles. The fourth-order valence-corrected chi connectivity index (χ4v) is 2.61. The van der Waals surface area contributed by atoms with E-state index in [1.165, 1.54) is 0 Å². The van der Waals surface area contributed by atoms with E-state index in [0.717, 1.165) is 23.4 Å². The summed E-state index contributed by atoms with van der Waals surface area (Å²) in [6, 6.07) is 7.44. The molecule has 1 aromatic heterocycles. The van der Waals surface area contributed by atoms with Crippen molar-refractivity contribution in [2.75, 3.05) is 6.54 Å². The molecule has 0 bridgehead atoms. The first-order valence-corrected chi connectivity index (χ1v) is 7.27. The van der Waals surface area contributed by atoms with Gasteiger partial charge >= 0.3 is 6.03 Å². The number of carbonyl (C=O) groups is 1. The maximum atomic E-state index is 12.2. The molecule has 1 aromatic carbocycles. The lowest BCUT2D eigenvalue weighted by Gasteiger charge is -2.27. The van der Waals surface area contributed by atoms with Crippen molar-refractivity contribution in [2.45, 2.75) is 19.5 Å². The quantitative estimate of drug-likeness (QED) is 0.926. The van der Waals surface area contributed by atoms with Crippen molar-refractivity contribution in [1.29, 1.82) is 0 Å². The molecule has 0 unspecified atom stereocenters. The summed E-state index contributed by atoms with van der Waals surface area (Å²) in [5.74, 6) is 0. The molecule has 0 radical (unpaired) electrons. The van der Waals surface area contributed by atoms with Crippen LogP contribution in [0.3, 0.4) is 0 Å². The van der Waals surface area contributed by atoms with E-state index in [9.17, 15) is 4.79 Å². The molecule has 2 aromatic rings. The average Bonchev–Trinajstić information content (AvgIpc) is 2.87. The highest BCUT2D eigenvalue weighted by Crippen LogP contribution is 2.17. The van der Waals surface area contributed by atoms with E-state index < -0.39 is 0 Å². The smallest absolute Gasteiger partial charge is 0.318 e. The molecule has 3 rings (SSSR count). The Bertz CT molecular complexity index is 650. The van der Waals surface area contributed by atoms with Gasteiger partial charge in [0.2, 0.25) is 0 Å². The fourth-order valence-electron chi connectivity index (χ4n) is 2.48. The molecule has 1 N–H and O–H groups in total. The third-order valence-corrected chi connectivity index (χ3v) is 4.00. The molecule has 0 spiro atoms. The van der Waals surface area contributed by atoms with Crippen molar-refractivity contribution in [3.05, 3.63) is 52.6 Å². The first kappa shape index (κ1) is 13.9. The summed E-state index contributed by atoms with van der Waals surface area (Å²) >= 11 is 5.84. The van der Waals surface area contributed by atoms with Crippen LogP contribution in [0.15, 0.2) is 30.6 Å². The topological polar surface area (TPSA) is 50.2 Å². The van der Waals surface area contributed by atoms with Gasteiger partial charge in [0.25, 0.3) is 0 Å². The van der Waals surface area contributed by atoms with Crippen LogP contribution in [0.4, 0.5) is 4.79 Å². The summed E-state index contributed by atoms with van der Waals surface area (Å²) in [6.45, 7) is 1.82. The summed E-state index contributed by atoms with van der Waals surface area (Å²) in [5, 5.41) is 3.64. The van der Waals surface area contributed by atoms with Gasteiger partial charge in [-0.15, -0.1) is 0 Å². The van der Waals surface area contributed by atoms with Crippen molar-refractivity contribution in [2.24, 2.45) is 7.05 Å². The van der Waals surface area contributed by atoms with E-state index in [-0.39, 0.29) is 6.03 Å². The number of amides is 2. The predicted octanol–water partition coefficient (Wildman–Crippen LogP) is 2.34. The van der Waals surface area contributed by atoms with Crippen LogP contribution in [0.25, 0.3) is 0 Å². The Morgan fingerprint density at radius 3 is 2.90 bits per heavy atom. The van der Waals surface area contributed by atoms with Gasteiger partial charge in [0.05, 0.1) is 24.3 Å². The van der Waals surface area contributed by atoms with Crippen LogP contribution in [-0.4, -0.2) is 27.0 Å². The number of aryl methyl sites for hydroxylation is 1. The van der Waals surface area contributed by atoms with Crippen molar-refractivity contribution >= 4 is 17.6 Å². The molecule has 110 valence electrons. The van der Waals surface area contributed by atoms with Gasteiger partial charge in [-0.05, 0) is 17.7 Å². The Morgan fingerprint density at radius 1 is 1.38 bits per heavy atom. The second-order valence-corrected chi connectivity index (χ2v) is 5.64. The lowest BCUT2D eigenvalue weighted by atomic mass is 10.1. The number of nitrogens with one attached hydrogen (secondary N) is 1. The Hall–Kier alpha value is -2.01. The van der Waals surface area contributed by atoms with E-state index >= 15 is 0 Å². The largest absolute Gasteiger partial charge is 0.336 e. The van der Waals surface area contributed by atoms with Crippen molar-refractivity contribution in [3.8, 4) is 0 Å². The number of hydrogen-bond acceptors (Lipinski definition) is 2. The van der Waals surface area contributed by atoms with Gasteiger partial charge in [0, 0.05) is 31.6 Å². The van der Waals surface area contributed by atoms with Gasteiger partial charge in [-0.1, -0.05) is 23.7 Å². The molecule has 0 saturated heterocycles. The predicted molar refractivity (Wildman–Crippen MR) is 81.0 cm³/mol. The van der Waals surface area contributed by atoms with Gasteiger partial charge in [0.1, 0.15) is 0 Å². The van der Waals surface area contributed by atoms with Crippen molar-refractivity contribution in [1.82, 2.24) is 19.8 Å². The Balaban J connectivity index is 1.59. The molecule has 5 nitrogen and oxygen atoms in total. The van der Waals surface area contributed by atoms with Crippen LogP contribution >= 0.6 is 11.6 Å². The summed E-state index contributed by atoms with van der Waals surface area (Å²) in [5.41, 5.74) is 3.24. The molecule has 21 heavy (non-hydrogen) atoms. The summed E-state index contributed by atoms with van der Waals surface area (Å²) in [4.78, 5) is 18.4. The first-order valence-electron chi connectivity index (χ1n) is 6.90.